The van der Waals surface area contributed by atoms with E-state index in [0.717, 1.165) is 5.75 Å². The van der Waals surface area contributed by atoms with Crippen molar-refractivity contribution in [2.24, 2.45) is 0 Å². The van der Waals surface area contributed by atoms with Crippen LogP contribution in [0, 0.1) is 6.92 Å². The lowest BCUT2D eigenvalue weighted by Crippen LogP contribution is -1.87. The Bertz CT molecular complexity index is 455. The van der Waals surface area contributed by atoms with Gasteiger partial charge in [0, 0.05) is 10.5 Å². The van der Waals surface area contributed by atoms with Crippen molar-refractivity contribution in [2.45, 2.75) is 31.8 Å². The standard InChI is InChI=1S/C13H16S2/c1-9(2)14-7-11-8-15-13-5-4-10(3)6-12(11)13/h4-6,8-9H,7H2,1-3H3. The van der Waals surface area contributed by atoms with Gasteiger partial charge in [-0.2, -0.15) is 11.8 Å². The second-order valence-corrected chi connectivity index (χ2v) is 6.60. The van der Waals surface area contributed by atoms with Gasteiger partial charge in [0.05, 0.1) is 0 Å². The summed E-state index contributed by atoms with van der Waals surface area (Å²) >= 11 is 3.88. The highest BCUT2D eigenvalue weighted by atomic mass is 32.2. The predicted molar refractivity (Wildman–Crippen MR) is 73.0 cm³/mol. The van der Waals surface area contributed by atoms with Crippen molar-refractivity contribution >= 4 is 33.2 Å². The van der Waals surface area contributed by atoms with Crippen LogP contribution in [0.5, 0.6) is 0 Å². The van der Waals surface area contributed by atoms with E-state index in [2.05, 4.69) is 44.4 Å². The minimum Gasteiger partial charge on any atom is -0.154 e. The Kier molecular flexibility index (Phi) is 3.37. The van der Waals surface area contributed by atoms with Gasteiger partial charge in [-0.05, 0) is 34.6 Å². The Hall–Kier alpha value is -0.470. The van der Waals surface area contributed by atoms with Crippen molar-refractivity contribution in [1.82, 2.24) is 0 Å². The van der Waals surface area contributed by atoms with Gasteiger partial charge in [0.2, 0.25) is 0 Å². The first-order chi connectivity index (χ1) is 7.16. The number of rotatable bonds is 3. The van der Waals surface area contributed by atoms with Crippen LogP contribution >= 0.6 is 23.1 Å². The van der Waals surface area contributed by atoms with Crippen LogP contribution in [0.3, 0.4) is 0 Å². The van der Waals surface area contributed by atoms with Gasteiger partial charge in [-0.25, -0.2) is 0 Å². The van der Waals surface area contributed by atoms with E-state index in [1.54, 1.807) is 0 Å². The van der Waals surface area contributed by atoms with Crippen molar-refractivity contribution in [3.63, 3.8) is 0 Å². The Balaban J connectivity index is 2.31. The molecule has 0 aliphatic carbocycles. The van der Waals surface area contributed by atoms with Gasteiger partial charge < -0.3 is 0 Å². The molecule has 0 aliphatic heterocycles. The number of hydrogen-bond donors (Lipinski definition) is 0. The molecule has 0 saturated carbocycles. The second-order valence-electron chi connectivity index (χ2n) is 4.12. The van der Waals surface area contributed by atoms with Gasteiger partial charge in [-0.15, -0.1) is 11.3 Å². The van der Waals surface area contributed by atoms with Gasteiger partial charge >= 0.3 is 0 Å². The first-order valence-electron chi connectivity index (χ1n) is 5.25. The maximum Gasteiger partial charge on any atom is 0.0346 e. The Labute approximate surface area is 99.7 Å². The number of hydrogen-bond acceptors (Lipinski definition) is 2. The SMILES string of the molecule is Cc1ccc2scc(CSC(C)C)c2c1. The highest BCUT2D eigenvalue weighted by Gasteiger charge is 2.05. The van der Waals surface area contributed by atoms with Crippen LogP contribution in [-0.4, -0.2) is 5.25 Å². The van der Waals surface area contributed by atoms with Crippen LogP contribution in [0.25, 0.3) is 10.1 Å². The highest BCUT2D eigenvalue weighted by molar-refractivity contribution is 7.99. The fourth-order valence-electron chi connectivity index (χ4n) is 1.56. The molecule has 1 aromatic heterocycles. The van der Waals surface area contributed by atoms with Crippen LogP contribution in [0.4, 0.5) is 0 Å². The van der Waals surface area contributed by atoms with Crippen molar-refractivity contribution in [2.75, 3.05) is 0 Å². The van der Waals surface area contributed by atoms with Gasteiger partial charge in [0.1, 0.15) is 0 Å². The summed E-state index contributed by atoms with van der Waals surface area (Å²) in [5.41, 5.74) is 2.86. The fraction of sp³-hybridized carbons (Fsp3) is 0.385. The third kappa shape index (κ3) is 2.56. The number of fused-ring (bicyclic) bond motifs is 1. The topological polar surface area (TPSA) is 0 Å². The summed E-state index contributed by atoms with van der Waals surface area (Å²) in [5.74, 6) is 1.14. The van der Waals surface area contributed by atoms with E-state index < -0.39 is 0 Å². The lowest BCUT2D eigenvalue weighted by molar-refractivity contribution is 1.11. The van der Waals surface area contributed by atoms with Crippen LogP contribution in [-0.2, 0) is 5.75 Å². The third-order valence-corrected chi connectivity index (χ3v) is 4.54. The van der Waals surface area contributed by atoms with E-state index in [4.69, 9.17) is 0 Å². The number of aryl methyl sites for hydroxylation is 1. The minimum absolute atomic E-state index is 0.713. The van der Waals surface area contributed by atoms with E-state index in [0.29, 0.717) is 5.25 Å². The quantitative estimate of drug-likeness (QED) is 0.734. The summed E-state index contributed by atoms with van der Waals surface area (Å²) in [6, 6.07) is 6.74. The normalized spacial score (nSPS) is 11.5. The molecule has 0 nitrogen and oxygen atoms in total. The molecule has 0 bridgehead atoms. The zero-order chi connectivity index (χ0) is 10.8. The van der Waals surface area contributed by atoms with E-state index in [-0.39, 0.29) is 0 Å². The first-order valence-corrected chi connectivity index (χ1v) is 7.18. The van der Waals surface area contributed by atoms with Gasteiger partial charge in [0.15, 0.2) is 0 Å². The molecule has 0 spiro atoms. The lowest BCUT2D eigenvalue weighted by Gasteiger charge is -2.03. The molecule has 2 heteroatoms. The lowest BCUT2D eigenvalue weighted by atomic mass is 10.1. The second kappa shape index (κ2) is 4.58. The largest absolute Gasteiger partial charge is 0.154 e. The molecular formula is C13H16S2. The van der Waals surface area contributed by atoms with Crippen molar-refractivity contribution in [3.05, 3.63) is 34.7 Å². The zero-order valence-electron chi connectivity index (χ0n) is 9.41. The molecule has 0 aliphatic rings. The maximum atomic E-state index is 2.31. The molecule has 0 unspecified atom stereocenters. The molecule has 1 heterocycles. The van der Waals surface area contributed by atoms with E-state index in [1.165, 1.54) is 21.2 Å². The average Bonchev–Trinajstić information content (AvgIpc) is 2.57. The van der Waals surface area contributed by atoms with Crippen LogP contribution in [0.1, 0.15) is 25.0 Å². The molecule has 15 heavy (non-hydrogen) atoms. The van der Waals surface area contributed by atoms with E-state index >= 15 is 0 Å². The van der Waals surface area contributed by atoms with Crippen LogP contribution in [0.2, 0.25) is 0 Å². The summed E-state index contributed by atoms with van der Waals surface area (Å²) in [6.45, 7) is 6.67. The molecule has 2 aromatic rings. The summed E-state index contributed by atoms with van der Waals surface area (Å²) in [5, 5.41) is 4.47. The molecule has 0 amide bonds. The summed E-state index contributed by atoms with van der Waals surface area (Å²) in [6.07, 6.45) is 0. The molecule has 0 fully saturated rings. The average molecular weight is 236 g/mol. The van der Waals surface area contributed by atoms with Crippen molar-refractivity contribution < 1.29 is 0 Å². The Morgan fingerprint density at radius 2 is 2.13 bits per heavy atom. The summed E-state index contributed by atoms with van der Waals surface area (Å²) < 4.78 is 1.42. The summed E-state index contributed by atoms with van der Waals surface area (Å²) in [7, 11) is 0. The minimum atomic E-state index is 0.713. The monoisotopic (exact) mass is 236 g/mol. The molecule has 0 radical (unpaired) electrons. The molecule has 2 rings (SSSR count). The van der Waals surface area contributed by atoms with Crippen LogP contribution < -0.4 is 0 Å². The van der Waals surface area contributed by atoms with Crippen molar-refractivity contribution in [1.29, 1.82) is 0 Å². The fourth-order valence-corrected chi connectivity index (χ4v) is 3.36. The first kappa shape index (κ1) is 11.0. The molecule has 0 saturated heterocycles. The highest BCUT2D eigenvalue weighted by Crippen LogP contribution is 2.30. The molecule has 80 valence electrons. The van der Waals surface area contributed by atoms with Gasteiger partial charge in [-0.3, -0.25) is 0 Å². The Morgan fingerprint density at radius 1 is 1.33 bits per heavy atom. The Morgan fingerprint density at radius 3 is 2.87 bits per heavy atom. The number of benzene rings is 1. The smallest absolute Gasteiger partial charge is 0.0346 e. The molecule has 0 N–H and O–H groups in total. The summed E-state index contributed by atoms with van der Waals surface area (Å²) in [4.78, 5) is 0. The number of thiophene rings is 1. The van der Waals surface area contributed by atoms with Gasteiger partial charge in [0.25, 0.3) is 0 Å². The zero-order valence-corrected chi connectivity index (χ0v) is 11.0. The molecule has 1 aromatic carbocycles. The maximum absolute atomic E-state index is 2.31. The van der Waals surface area contributed by atoms with Crippen molar-refractivity contribution in [3.8, 4) is 0 Å². The van der Waals surface area contributed by atoms with Gasteiger partial charge in [-0.1, -0.05) is 31.5 Å². The third-order valence-electron chi connectivity index (χ3n) is 2.38. The number of thioether (sulfide) groups is 1. The predicted octanol–water partition coefficient (Wildman–Crippen LogP) is 4.85. The van der Waals surface area contributed by atoms with E-state index in [9.17, 15) is 0 Å². The molecular weight excluding hydrogens is 220 g/mol. The molecule has 0 atom stereocenters. The van der Waals surface area contributed by atoms with Crippen LogP contribution in [0.15, 0.2) is 23.6 Å². The van der Waals surface area contributed by atoms with E-state index in [1.807, 2.05) is 23.1 Å².